The van der Waals surface area contributed by atoms with Crippen LogP contribution in [0, 0.1) is 11.8 Å². The number of aromatic nitrogens is 3. The Labute approximate surface area is 313 Å². The minimum atomic E-state index is -1.09. The number of carbonyl (C=O) groups is 2. The molecule has 0 aliphatic carbocycles. The summed E-state index contributed by atoms with van der Waals surface area (Å²) in [5, 5.41) is 11.2. The number of carbonyl (C=O) groups excluding carboxylic acids is 2. The molecule has 4 N–H and O–H groups in total. The molecule has 0 saturated heterocycles. The molecule has 268 valence electrons. The minimum absolute atomic E-state index is 0.108. The maximum atomic E-state index is 14.2. The van der Waals surface area contributed by atoms with Crippen LogP contribution in [0.5, 0.6) is 5.75 Å². The first kappa shape index (κ1) is 32.4. The first-order chi connectivity index (χ1) is 25.5. The van der Waals surface area contributed by atoms with E-state index in [1.807, 2.05) is 70.2 Å². The molecule has 6 aromatic rings. The SMILES string of the molecule is CC(C)CC(=O)NC1Cc2ccc3c(c2)C24c5cccc(c5NC2O3)-c2cccc3[nH]c(Cl)c(c23)-c2oc(nc2Cl)-c2nc(oc24)C(C(C)C)NC1=O. The largest absolute Gasteiger partial charge is 0.469 e. The van der Waals surface area contributed by atoms with Crippen molar-refractivity contribution in [1.82, 2.24) is 25.6 Å². The molecular weight excluding hydrogens is 715 g/mol. The maximum absolute atomic E-state index is 14.2. The summed E-state index contributed by atoms with van der Waals surface area (Å²) in [5.41, 5.74) is 5.85. The molecule has 4 atom stereocenters. The lowest BCUT2D eigenvalue weighted by molar-refractivity contribution is -0.130. The van der Waals surface area contributed by atoms with Crippen LogP contribution < -0.4 is 20.7 Å². The molecule has 4 aliphatic rings. The lowest BCUT2D eigenvalue weighted by Gasteiger charge is -2.29. The van der Waals surface area contributed by atoms with E-state index < -0.39 is 23.7 Å². The number of anilines is 1. The number of benzene rings is 3. The molecule has 10 rings (SSSR count). The van der Waals surface area contributed by atoms with Crippen molar-refractivity contribution in [2.75, 3.05) is 5.32 Å². The number of amides is 2. The van der Waals surface area contributed by atoms with E-state index in [4.69, 9.17) is 46.7 Å². The van der Waals surface area contributed by atoms with Gasteiger partial charge in [-0.3, -0.25) is 9.59 Å². The third-order valence-corrected chi connectivity index (χ3v) is 11.4. The van der Waals surface area contributed by atoms with Crippen LogP contribution in [0.15, 0.2) is 63.4 Å². The van der Waals surface area contributed by atoms with Crippen molar-refractivity contribution in [2.24, 2.45) is 11.8 Å². The molecule has 0 radical (unpaired) electrons. The third-order valence-electron chi connectivity index (χ3n) is 10.9. The van der Waals surface area contributed by atoms with Crippen LogP contribution in [0.25, 0.3) is 44.9 Å². The summed E-state index contributed by atoms with van der Waals surface area (Å²) in [6, 6.07) is 16.5. The van der Waals surface area contributed by atoms with E-state index in [0.29, 0.717) is 34.3 Å². The average Bonchev–Trinajstić information content (AvgIpc) is 3.91. The maximum Gasteiger partial charge on any atom is 0.250 e. The first-order valence-electron chi connectivity index (χ1n) is 17.8. The van der Waals surface area contributed by atoms with E-state index in [0.717, 1.165) is 44.4 Å². The summed E-state index contributed by atoms with van der Waals surface area (Å²) in [5.74, 6) is 1.16. The molecule has 3 aromatic heterocycles. The number of aromatic amines is 1. The first-order valence-corrected chi connectivity index (χ1v) is 18.6. The van der Waals surface area contributed by atoms with E-state index in [-0.39, 0.29) is 52.8 Å². The molecule has 0 saturated carbocycles. The fourth-order valence-electron chi connectivity index (χ4n) is 8.58. The fourth-order valence-corrected chi connectivity index (χ4v) is 9.07. The molecule has 0 fully saturated rings. The van der Waals surface area contributed by atoms with Gasteiger partial charge in [0.2, 0.25) is 17.7 Å². The zero-order valence-electron chi connectivity index (χ0n) is 29.2. The van der Waals surface area contributed by atoms with Crippen LogP contribution in [-0.2, 0) is 21.4 Å². The zero-order chi connectivity index (χ0) is 36.5. The highest BCUT2D eigenvalue weighted by atomic mass is 35.5. The summed E-state index contributed by atoms with van der Waals surface area (Å²) in [4.78, 5) is 40.5. The predicted octanol–water partition coefficient (Wildman–Crippen LogP) is 8.14. The van der Waals surface area contributed by atoms with Gasteiger partial charge in [-0.2, -0.15) is 4.98 Å². The Morgan fingerprint density at radius 1 is 1.00 bits per heavy atom. The van der Waals surface area contributed by atoms with Gasteiger partial charge in [-0.15, -0.1) is 0 Å². The smallest absolute Gasteiger partial charge is 0.250 e. The summed E-state index contributed by atoms with van der Waals surface area (Å²) >= 11 is 13.9. The second-order valence-corrected chi connectivity index (χ2v) is 15.8. The number of hydrogen-bond donors (Lipinski definition) is 4. The van der Waals surface area contributed by atoms with Crippen LogP contribution in [0.2, 0.25) is 10.3 Å². The molecule has 2 amide bonds. The number of fused-ring (bicyclic) bond motifs is 7. The quantitative estimate of drug-likeness (QED) is 0.141. The van der Waals surface area contributed by atoms with Crippen molar-refractivity contribution in [1.29, 1.82) is 0 Å². The molecule has 11 nitrogen and oxygen atoms in total. The molecular formula is C40H34Cl2N6O5. The third kappa shape index (κ3) is 4.53. The highest BCUT2D eigenvalue weighted by Gasteiger charge is 2.61. The van der Waals surface area contributed by atoms with Crippen LogP contribution in [0.4, 0.5) is 5.69 Å². The summed E-state index contributed by atoms with van der Waals surface area (Å²) in [7, 11) is 0. The molecule has 13 heteroatoms. The van der Waals surface area contributed by atoms with Crippen molar-refractivity contribution in [2.45, 2.75) is 64.3 Å². The molecule has 4 aliphatic heterocycles. The Balaban J connectivity index is 1.31. The van der Waals surface area contributed by atoms with Crippen molar-refractivity contribution in [3.8, 4) is 39.8 Å². The summed E-state index contributed by atoms with van der Waals surface area (Å²) < 4.78 is 20.4. The molecule has 1 spiro atoms. The number of rotatable bonds is 4. The number of oxazole rings is 2. The summed E-state index contributed by atoms with van der Waals surface area (Å²) in [6.45, 7) is 7.90. The number of para-hydroxylation sites is 1. The van der Waals surface area contributed by atoms with Crippen molar-refractivity contribution in [3.63, 3.8) is 0 Å². The van der Waals surface area contributed by atoms with Crippen LogP contribution in [0.3, 0.4) is 0 Å². The number of nitrogens with zero attached hydrogens (tertiary/aromatic N) is 2. The van der Waals surface area contributed by atoms with Gasteiger partial charge in [0, 0.05) is 46.1 Å². The van der Waals surface area contributed by atoms with Gasteiger partial charge < -0.3 is 34.5 Å². The predicted molar refractivity (Wildman–Crippen MR) is 200 cm³/mol. The van der Waals surface area contributed by atoms with Crippen molar-refractivity contribution >= 4 is 51.6 Å². The molecule has 3 aromatic carbocycles. The lowest BCUT2D eigenvalue weighted by atomic mass is 9.72. The van der Waals surface area contributed by atoms with E-state index in [1.165, 1.54) is 0 Å². The van der Waals surface area contributed by atoms with E-state index in [2.05, 4.69) is 33.1 Å². The Kier molecular flexibility index (Phi) is 6.95. The van der Waals surface area contributed by atoms with Gasteiger partial charge in [0.1, 0.15) is 28.4 Å². The van der Waals surface area contributed by atoms with Crippen LogP contribution in [-0.4, -0.2) is 39.0 Å². The van der Waals surface area contributed by atoms with Crippen LogP contribution >= 0.6 is 23.2 Å². The normalized spacial score (nSPS) is 21.8. The Morgan fingerprint density at radius 2 is 1.81 bits per heavy atom. The van der Waals surface area contributed by atoms with Gasteiger partial charge in [-0.1, -0.05) is 93.4 Å². The van der Waals surface area contributed by atoms with E-state index in [9.17, 15) is 9.59 Å². The lowest BCUT2D eigenvalue weighted by Crippen LogP contribution is -2.49. The monoisotopic (exact) mass is 748 g/mol. The number of ether oxygens (including phenoxy) is 1. The second kappa shape index (κ2) is 11.4. The minimum Gasteiger partial charge on any atom is -0.469 e. The topological polar surface area (TPSA) is 147 Å². The molecule has 4 unspecified atom stereocenters. The zero-order valence-corrected chi connectivity index (χ0v) is 30.7. The number of hydrogen-bond acceptors (Lipinski definition) is 8. The molecule has 7 heterocycles. The van der Waals surface area contributed by atoms with Gasteiger partial charge in [-0.25, -0.2) is 4.98 Å². The Bertz CT molecular complexity index is 2550. The number of halogens is 2. The van der Waals surface area contributed by atoms with Gasteiger partial charge >= 0.3 is 0 Å². The summed E-state index contributed by atoms with van der Waals surface area (Å²) in [6.07, 6.45) is -0.119. The highest BCUT2D eigenvalue weighted by molar-refractivity contribution is 6.37. The van der Waals surface area contributed by atoms with Crippen LogP contribution in [0.1, 0.15) is 68.5 Å². The second-order valence-electron chi connectivity index (χ2n) is 15.1. The highest BCUT2D eigenvalue weighted by Crippen LogP contribution is 2.62. The van der Waals surface area contributed by atoms with E-state index in [1.54, 1.807) is 0 Å². The van der Waals surface area contributed by atoms with Gasteiger partial charge in [0.25, 0.3) is 5.89 Å². The van der Waals surface area contributed by atoms with E-state index >= 15 is 0 Å². The van der Waals surface area contributed by atoms with Gasteiger partial charge in [-0.05, 0) is 35.1 Å². The van der Waals surface area contributed by atoms with Gasteiger partial charge in [0.15, 0.2) is 28.6 Å². The van der Waals surface area contributed by atoms with Crippen molar-refractivity contribution < 1.29 is 23.2 Å². The Hall–Kier alpha value is -5.26. The number of H-pyrrole nitrogens is 1. The van der Waals surface area contributed by atoms with Crippen molar-refractivity contribution in [3.05, 3.63) is 93.2 Å². The number of nitrogens with one attached hydrogen (secondary N) is 4. The standard InChI is InChI=1S/C40H34Cl2N6O5/c1-16(2)13-26(49)43-24-15-18-11-12-25-22(14-18)40-21-9-5-8-20(30(21)47-39(40)51-25)19-7-6-10-23-27(19)28(34(41)44-23)32-35(42)48-38(52-32)31-33(40)53-37(46-31)29(17(3)4)45-36(24)50/h5-12,14,16-17,24,29,39,44,47H,13,15H2,1-4H3,(H,43,49)(H,45,50). The average molecular weight is 750 g/mol. The Morgan fingerprint density at radius 3 is 2.62 bits per heavy atom. The fraction of sp³-hybridized carbons (Fsp3) is 0.300. The van der Waals surface area contributed by atoms with Gasteiger partial charge in [0.05, 0.1) is 5.56 Å². The molecule has 53 heavy (non-hydrogen) atoms. The molecule has 10 bridgehead atoms.